The predicted molar refractivity (Wildman–Crippen MR) is 117 cm³/mol. The minimum absolute atomic E-state index is 0.148. The fourth-order valence-corrected chi connectivity index (χ4v) is 4.97. The topological polar surface area (TPSA) is 113 Å². The molecule has 0 spiro atoms. The molecule has 1 aliphatic rings. The summed E-state index contributed by atoms with van der Waals surface area (Å²) in [5.41, 5.74) is 6.33. The quantitative estimate of drug-likeness (QED) is 0.553. The normalized spacial score (nSPS) is 14.2. The molecular formula is C22H23N5O4S. The smallest absolute Gasteiger partial charge is 0.268 e. The van der Waals surface area contributed by atoms with Crippen LogP contribution in [0.2, 0.25) is 0 Å². The lowest BCUT2D eigenvalue weighted by Gasteiger charge is -2.15. The van der Waals surface area contributed by atoms with Gasteiger partial charge in [-0.2, -0.15) is 9.40 Å². The Kier molecular flexibility index (Phi) is 6.33. The molecule has 1 fully saturated rings. The first-order valence-corrected chi connectivity index (χ1v) is 11.6. The van der Waals surface area contributed by atoms with Gasteiger partial charge in [-0.05, 0) is 60.9 Å². The number of hydrogen-bond donors (Lipinski definition) is 2. The highest BCUT2D eigenvalue weighted by molar-refractivity contribution is 7.89. The van der Waals surface area contributed by atoms with E-state index in [1.54, 1.807) is 23.0 Å². The number of nitrogens with zero attached hydrogens (tertiary/aromatic N) is 3. The first-order valence-electron chi connectivity index (χ1n) is 10.2. The summed E-state index contributed by atoms with van der Waals surface area (Å²) >= 11 is 0. The van der Waals surface area contributed by atoms with Crippen molar-refractivity contribution in [2.45, 2.75) is 24.3 Å². The zero-order chi connectivity index (χ0) is 22.6. The third-order valence-corrected chi connectivity index (χ3v) is 7.14. The third-order valence-electron chi connectivity index (χ3n) is 5.23. The van der Waals surface area contributed by atoms with Crippen molar-refractivity contribution in [3.05, 3.63) is 83.7 Å². The van der Waals surface area contributed by atoms with Crippen LogP contribution >= 0.6 is 0 Å². The van der Waals surface area contributed by atoms with Crippen molar-refractivity contribution >= 4 is 21.8 Å². The van der Waals surface area contributed by atoms with Crippen molar-refractivity contribution in [1.82, 2.24) is 24.9 Å². The van der Waals surface area contributed by atoms with Crippen LogP contribution in [0.4, 0.5) is 0 Å². The first-order chi connectivity index (χ1) is 15.4. The number of carbonyl (C=O) groups excluding carboxylic acids is 2. The van der Waals surface area contributed by atoms with Crippen LogP contribution in [0.15, 0.2) is 71.9 Å². The highest BCUT2D eigenvalue weighted by atomic mass is 32.2. The molecule has 1 aliphatic heterocycles. The van der Waals surface area contributed by atoms with Gasteiger partial charge in [-0.25, -0.2) is 8.42 Å². The third kappa shape index (κ3) is 4.87. The molecule has 4 rings (SSSR count). The Hall–Kier alpha value is -3.50. The molecule has 32 heavy (non-hydrogen) atoms. The Morgan fingerprint density at radius 1 is 0.875 bits per heavy atom. The van der Waals surface area contributed by atoms with Crippen LogP contribution in [0.5, 0.6) is 0 Å². The van der Waals surface area contributed by atoms with Crippen LogP contribution in [0.3, 0.4) is 0 Å². The molecular weight excluding hydrogens is 430 g/mol. The van der Waals surface area contributed by atoms with Gasteiger partial charge in [-0.1, -0.05) is 12.1 Å². The van der Waals surface area contributed by atoms with E-state index >= 15 is 0 Å². The van der Waals surface area contributed by atoms with Gasteiger partial charge >= 0.3 is 0 Å². The molecule has 3 aromatic rings. The van der Waals surface area contributed by atoms with Gasteiger partial charge in [0, 0.05) is 36.6 Å². The van der Waals surface area contributed by atoms with Crippen LogP contribution < -0.4 is 10.9 Å². The monoisotopic (exact) mass is 453 g/mol. The van der Waals surface area contributed by atoms with E-state index in [9.17, 15) is 18.0 Å². The van der Waals surface area contributed by atoms with Gasteiger partial charge in [-0.3, -0.25) is 25.1 Å². The lowest BCUT2D eigenvalue weighted by atomic mass is 10.1. The molecule has 2 aromatic carbocycles. The summed E-state index contributed by atoms with van der Waals surface area (Å²) < 4.78 is 28.3. The molecule has 166 valence electrons. The molecule has 0 bridgehead atoms. The Morgan fingerprint density at radius 3 is 1.97 bits per heavy atom. The number of amides is 2. The van der Waals surface area contributed by atoms with Crippen LogP contribution in [-0.2, 0) is 16.6 Å². The fourth-order valence-electron chi connectivity index (χ4n) is 3.46. The summed E-state index contributed by atoms with van der Waals surface area (Å²) in [6.45, 7) is 1.62. The van der Waals surface area contributed by atoms with Crippen molar-refractivity contribution < 1.29 is 18.0 Å². The molecule has 9 nitrogen and oxygen atoms in total. The molecule has 0 aliphatic carbocycles. The maximum Gasteiger partial charge on any atom is 0.269 e. The summed E-state index contributed by atoms with van der Waals surface area (Å²) in [4.78, 5) is 24.8. The molecule has 1 aromatic heterocycles. The molecule has 2 heterocycles. The molecule has 2 N–H and O–H groups in total. The number of carbonyl (C=O) groups is 2. The Morgan fingerprint density at radius 2 is 1.44 bits per heavy atom. The average Bonchev–Trinajstić information content (AvgIpc) is 3.53. The van der Waals surface area contributed by atoms with Crippen molar-refractivity contribution in [1.29, 1.82) is 0 Å². The van der Waals surface area contributed by atoms with Crippen LogP contribution in [0, 0.1) is 0 Å². The summed E-state index contributed by atoms with van der Waals surface area (Å²) in [5.74, 6) is -1.00. The second-order valence-corrected chi connectivity index (χ2v) is 9.38. The first kappa shape index (κ1) is 21.7. The molecule has 1 saturated heterocycles. The lowest BCUT2D eigenvalue weighted by Crippen LogP contribution is -2.41. The highest BCUT2D eigenvalue weighted by Gasteiger charge is 2.27. The van der Waals surface area contributed by atoms with E-state index in [2.05, 4.69) is 16.0 Å². The predicted octanol–water partition coefficient (Wildman–Crippen LogP) is 1.79. The second kappa shape index (κ2) is 9.33. The number of benzene rings is 2. The number of aromatic nitrogens is 2. The molecule has 0 atom stereocenters. The number of nitrogens with one attached hydrogen (secondary N) is 2. The van der Waals surface area contributed by atoms with Crippen LogP contribution in [0.25, 0.3) is 0 Å². The maximum absolute atomic E-state index is 12.6. The number of hydrazine groups is 1. The number of rotatable bonds is 6. The van der Waals surface area contributed by atoms with Crippen molar-refractivity contribution in [3.63, 3.8) is 0 Å². The van der Waals surface area contributed by atoms with E-state index in [-0.39, 0.29) is 10.5 Å². The van der Waals surface area contributed by atoms with Gasteiger partial charge in [0.25, 0.3) is 11.8 Å². The zero-order valence-electron chi connectivity index (χ0n) is 17.3. The van der Waals surface area contributed by atoms with E-state index in [0.29, 0.717) is 25.2 Å². The Balaban J connectivity index is 1.32. The summed E-state index contributed by atoms with van der Waals surface area (Å²) in [7, 11) is -3.54. The molecule has 0 saturated carbocycles. The van der Waals surface area contributed by atoms with Gasteiger partial charge < -0.3 is 0 Å². The lowest BCUT2D eigenvalue weighted by molar-refractivity contribution is 0.0846. The molecule has 0 unspecified atom stereocenters. The molecule has 0 radical (unpaired) electrons. The largest absolute Gasteiger partial charge is 0.269 e. The minimum atomic E-state index is -3.54. The van der Waals surface area contributed by atoms with E-state index in [1.807, 2.05) is 24.4 Å². The fraction of sp³-hybridized carbons (Fsp3) is 0.227. The van der Waals surface area contributed by atoms with Crippen LogP contribution in [0.1, 0.15) is 39.1 Å². The standard InChI is InChI=1S/C22H23N5O4S/c28-21(18-6-4-17(5-7-18)16-26-13-3-12-23-26)24-25-22(29)19-8-10-20(11-9-19)32(30,31)27-14-1-2-15-27/h3-13H,1-2,14-16H2,(H,24,28)(H,25,29). The van der Waals surface area contributed by atoms with Gasteiger partial charge in [0.15, 0.2) is 0 Å². The van der Waals surface area contributed by atoms with Gasteiger partial charge in [-0.15, -0.1) is 0 Å². The van der Waals surface area contributed by atoms with E-state index in [1.165, 1.54) is 28.6 Å². The second-order valence-electron chi connectivity index (χ2n) is 7.44. The van der Waals surface area contributed by atoms with Crippen molar-refractivity contribution in [2.75, 3.05) is 13.1 Å². The number of sulfonamides is 1. The van der Waals surface area contributed by atoms with Gasteiger partial charge in [0.1, 0.15) is 0 Å². The Bertz CT molecular complexity index is 1180. The van der Waals surface area contributed by atoms with E-state index in [0.717, 1.165) is 18.4 Å². The highest BCUT2D eigenvalue weighted by Crippen LogP contribution is 2.21. The van der Waals surface area contributed by atoms with Crippen LogP contribution in [-0.4, -0.2) is 47.4 Å². The minimum Gasteiger partial charge on any atom is -0.268 e. The Labute approximate surface area is 186 Å². The average molecular weight is 454 g/mol. The van der Waals surface area contributed by atoms with Gasteiger partial charge in [0.05, 0.1) is 11.4 Å². The molecule has 2 amide bonds. The summed E-state index contributed by atoms with van der Waals surface area (Å²) in [6.07, 6.45) is 5.26. The molecule has 10 heteroatoms. The maximum atomic E-state index is 12.6. The van der Waals surface area contributed by atoms with Crippen molar-refractivity contribution in [2.24, 2.45) is 0 Å². The summed E-state index contributed by atoms with van der Waals surface area (Å²) in [5, 5.41) is 4.14. The number of hydrogen-bond acceptors (Lipinski definition) is 5. The van der Waals surface area contributed by atoms with Crippen molar-refractivity contribution in [3.8, 4) is 0 Å². The SMILES string of the molecule is O=C(NNC(=O)c1ccc(S(=O)(=O)N2CCCC2)cc1)c1ccc(Cn2cccn2)cc1. The van der Waals surface area contributed by atoms with Gasteiger partial charge in [0.2, 0.25) is 10.0 Å². The zero-order valence-corrected chi connectivity index (χ0v) is 18.1. The van der Waals surface area contributed by atoms with E-state index < -0.39 is 21.8 Å². The summed E-state index contributed by atoms with van der Waals surface area (Å²) in [6, 6.07) is 14.5. The van der Waals surface area contributed by atoms with E-state index in [4.69, 9.17) is 0 Å².